The molecule has 138 valence electrons. The predicted molar refractivity (Wildman–Crippen MR) is 97.8 cm³/mol. The normalized spacial score (nSPS) is 26.5. The van der Waals surface area contributed by atoms with Gasteiger partial charge in [0.1, 0.15) is 0 Å². The van der Waals surface area contributed by atoms with Gasteiger partial charge in [0, 0.05) is 25.3 Å². The van der Waals surface area contributed by atoms with E-state index in [0.29, 0.717) is 6.54 Å². The Labute approximate surface area is 149 Å². The number of anilines is 1. The van der Waals surface area contributed by atoms with E-state index in [0.717, 1.165) is 56.8 Å². The number of aryl methyl sites for hydroxylation is 1. The van der Waals surface area contributed by atoms with Crippen LogP contribution in [0.5, 0.6) is 0 Å². The minimum absolute atomic E-state index is 0.177. The van der Waals surface area contributed by atoms with Crippen molar-refractivity contribution in [2.75, 3.05) is 31.2 Å². The van der Waals surface area contributed by atoms with Crippen LogP contribution in [0.25, 0.3) is 0 Å². The first-order valence-electron chi connectivity index (χ1n) is 9.15. The Hall–Kier alpha value is -1.79. The van der Waals surface area contributed by atoms with Gasteiger partial charge in [-0.1, -0.05) is 12.1 Å². The molecule has 2 amide bonds. The number of carbonyl (C=O) groups excluding carboxylic acids is 1. The molecule has 0 bridgehead atoms. The maximum Gasteiger partial charge on any atom is 0.315 e. The molecule has 1 aromatic rings. The van der Waals surface area contributed by atoms with Crippen molar-refractivity contribution < 1.29 is 14.6 Å². The minimum Gasteiger partial charge on any atom is -0.388 e. The standard InChI is InChI=1S/C19H29N3O3/c1-14-5-6-15(16(12-14)22-8-10-25-11-9-22)13-20-18(23)21-17-4-3-7-19(17,2)24/h5-6,12,17,24H,3-4,7-11,13H2,1-2H3,(H2,20,21,23). The van der Waals surface area contributed by atoms with Crippen LogP contribution in [0.3, 0.4) is 0 Å². The Kier molecular flexibility index (Phi) is 5.49. The zero-order chi connectivity index (χ0) is 17.9. The van der Waals surface area contributed by atoms with Gasteiger partial charge in [-0.3, -0.25) is 0 Å². The molecule has 2 aliphatic rings. The smallest absolute Gasteiger partial charge is 0.315 e. The fourth-order valence-electron chi connectivity index (χ4n) is 3.68. The summed E-state index contributed by atoms with van der Waals surface area (Å²) in [6.07, 6.45) is 2.50. The number of urea groups is 1. The maximum atomic E-state index is 12.2. The highest BCUT2D eigenvalue weighted by Crippen LogP contribution is 2.29. The maximum absolute atomic E-state index is 12.2. The molecule has 1 saturated heterocycles. The molecule has 2 unspecified atom stereocenters. The number of nitrogens with one attached hydrogen (secondary N) is 2. The summed E-state index contributed by atoms with van der Waals surface area (Å²) < 4.78 is 5.44. The second kappa shape index (κ2) is 7.62. The van der Waals surface area contributed by atoms with E-state index in [2.05, 4.69) is 40.7 Å². The first kappa shape index (κ1) is 18.0. The Bertz CT molecular complexity index is 612. The number of hydrogen-bond donors (Lipinski definition) is 3. The molecule has 1 aliphatic heterocycles. The molecule has 25 heavy (non-hydrogen) atoms. The first-order valence-corrected chi connectivity index (χ1v) is 9.15. The van der Waals surface area contributed by atoms with Crippen LogP contribution < -0.4 is 15.5 Å². The van der Waals surface area contributed by atoms with Gasteiger partial charge in [-0.2, -0.15) is 0 Å². The Morgan fingerprint density at radius 1 is 1.40 bits per heavy atom. The number of nitrogens with zero attached hydrogens (tertiary/aromatic N) is 1. The lowest BCUT2D eigenvalue weighted by Crippen LogP contribution is -2.50. The minimum atomic E-state index is -0.805. The van der Waals surface area contributed by atoms with E-state index < -0.39 is 5.60 Å². The van der Waals surface area contributed by atoms with Gasteiger partial charge in [0.2, 0.25) is 0 Å². The second-order valence-corrected chi connectivity index (χ2v) is 7.36. The van der Waals surface area contributed by atoms with Crippen LogP contribution in [0.15, 0.2) is 18.2 Å². The van der Waals surface area contributed by atoms with Crippen LogP contribution in [0, 0.1) is 6.92 Å². The van der Waals surface area contributed by atoms with Crippen molar-refractivity contribution in [2.45, 2.75) is 51.3 Å². The van der Waals surface area contributed by atoms with Crippen molar-refractivity contribution in [3.05, 3.63) is 29.3 Å². The summed E-state index contributed by atoms with van der Waals surface area (Å²) in [5.41, 5.74) is 2.66. The Balaban J connectivity index is 1.61. The van der Waals surface area contributed by atoms with E-state index >= 15 is 0 Å². The SMILES string of the molecule is Cc1ccc(CNC(=O)NC2CCCC2(C)O)c(N2CCOCC2)c1. The van der Waals surface area contributed by atoms with E-state index in [1.165, 1.54) is 5.56 Å². The summed E-state index contributed by atoms with van der Waals surface area (Å²) in [6, 6.07) is 5.92. The lowest BCUT2D eigenvalue weighted by Gasteiger charge is -2.31. The van der Waals surface area contributed by atoms with Gasteiger partial charge < -0.3 is 25.4 Å². The fraction of sp³-hybridized carbons (Fsp3) is 0.632. The van der Waals surface area contributed by atoms with Gasteiger partial charge in [0.25, 0.3) is 0 Å². The van der Waals surface area contributed by atoms with Gasteiger partial charge in [-0.05, 0) is 50.3 Å². The predicted octanol–water partition coefficient (Wildman–Crippen LogP) is 1.93. The quantitative estimate of drug-likeness (QED) is 0.778. The van der Waals surface area contributed by atoms with Gasteiger partial charge in [-0.25, -0.2) is 4.79 Å². The summed E-state index contributed by atoms with van der Waals surface area (Å²) in [7, 11) is 0. The summed E-state index contributed by atoms with van der Waals surface area (Å²) in [5.74, 6) is 0. The van der Waals surface area contributed by atoms with Crippen molar-refractivity contribution in [1.82, 2.24) is 10.6 Å². The van der Waals surface area contributed by atoms with Crippen molar-refractivity contribution >= 4 is 11.7 Å². The van der Waals surface area contributed by atoms with Gasteiger partial charge in [0.15, 0.2) is 0 Å². The van der Waals surface area contributed by atoms with Gasteiger partial charge in [0.05, 0.1) is 24.9 Å². The summed E-state index contributed by atoms with van der Waals surface area (Å²) in [4.78, 5) is 14.6. The lowest BCUT2D eigenvalue weighted by atomic mass is 10.0. The second-order valence-electron chi connectivity index (χ2n) is 7.36. The average molecular weight is 347 g/mol. The Morgan fingerprint density at radius 2 is 2.16 bits per heavy atom. The largest absolute Gasteiger partial charge is 0.388 e. The molecular weight excluding hydrogens is 318 g/mol. The first-order chi connectivity index (χ1) is 12.0. The Morgan fingerprint density at radius 3 is 2.84 bits per heavy atom. The zero-order valence-electron chi connectivity index (χ0n) is 15.2. The van der Waals surface area contributed by atoms with E-state index in [4.69, 9.17) is 4.74 Å². The number of ether oxygens (including phenoxy) is 1. The molecular formula is C19H29N3O3. The molecule has 6 nitrogen and oxygen atoms in total. The molecule has 1 aromatic carbocycles. The van der Waals surface area contributed by atoms with Crippen LogP contribution in [-0.4, -0.2) is 49.1 Å². The van der Waals surface area contributed by atoms with Crippen molar-refractivity contribution in [1.29, 1.82) is 0 Å². The summed E-state index contributed by atoms with van der Waals surface area (Å²) in [5, 5.41) is 16.1. The van der Waals surface area contributed by atoms with Crippen LogP contribution in [0.4, 0.5) is 10.5 Å². The lowest BCUT2D eigenvalue weighted by molar-refractivity contribution is 0.0425. The van der Waals surface area contributed by atoms with Gasteiger partial charge >= 0.3 is 6.03 Å². The molecule has 3 rings (SSSR count). The molecule has 1 saturated carbocycles. The van der Waals surface area contributed by atoms with Gasteiger partial charge in [-0.15, -0.1) is 0 Å². The van der Waals surface area contributed by atoms with E-state index in [1.54, 1.807) is 6.92 Å². The molecule has 6 heteroatoms. The number of rotatable bonds is 4. The third kappa shape index (κ3) is 4.44. The van der Waals surface area contributed by atoms with E-state index in [1.807, 2.05) is 0 Å². The highest BCUT2D eigenvalue weighted by molar-refractivity contribution is 5.74. The molecule has 0 aromatic heterocycles. The van der Waals surface area contributed by atoms with Crippen molar-refractivity contribution in [2.24, 2.45) is 0 Å². The van der Waals surface area contributed by atoms with Crippen LogP contribution in [-0.2, 0) is 11.3 Å². The van der Waals surface area contributed by atoms with Crippen LogP contribution in [0.2, 0.25) is 0 Å². The number of benzene rings is 1. The molecule has 3 N–H and O–H groups in total. The molecule has 0 spiro atoms. The number of amides is 2. The molecule has 0 radical (unpaired) electrons. The van der Waals surface area contributed by atoms with Crippen LogP contribution >= 0.6 is 0 Å². The summed E-state index contributed by atoms with van der Waals surface area (Å²) in [6.45, 7) is 7.54. The highest BCUT2D eigenvalue weighted by atomic mass is 16.5. The van der Waals surface area contributed by atoms with E-state index in [-0.39, 0.29) is 12.1 Å². The monoisotopic (exact) mass is 347 g/mol. The number of hydrogen-bond acceptors (Lipinski definition) is 4. The number of morpholine rings is 1. The third-order valence-corrected chi connectivity index (χ3v) is 5.26. The molecule has 2 fully saturated rings. The van der Waals surface area contributed by atoms with Crippen molar-refractivity contribution in [3.63, 3.8) is 0 Å². The summed E-state index contributed by atoms with van der Waals surface area (Å²) >= 11 is 0. The van der Waals surface area contributed by atoms with Crippen LogP contribution in [0.1, 0.15) is 37.3 Å². The number of aliphatic hydroxyl groups is 1. The average Bonchev–Trinajstić information content (AvgIpc) is 2.93. The number of carbonyl (C=O) groups is 1. The van der Waals surface area contributed by atoms with Crippen molar-refractivity contribution in [3.8, 4) is 0 Å². The topological polar surface area (TPSA) is 73.8 Å². The zero-order valence-corrected chi connectivity index (χ0v) is 15.2. The van der Waals surface area contributed by atoms with E-state index in [9.17, 15) is 9.90 Å². The highest BCUT2D eigenvalue weighted by Gasteiger charge is 2.37. The fourth-order valence-corrected chi connectivity index (χ4v) is 3.68. The molecule has 1 heterocycles. The third-order valence-electron chi connectivity index (χ3n) is 5.26. The molecule has 2 atom stereocenters. The molecule has 1 aliphatic carbocycles.